The van der Waals surface area contributed by atoms with Gasteiger partial charge in [-0.05, 0) is 20.5 Å². The predicted molar refractivity (Wildman–Crippen MR) is 63.8 cm³/mol. The fourth-order valence-corrected chi connectivity index (χ4v) is 3.09. The van der Waals surface area contributed by atoms with E-state index in [9.17, 15) is 13.2 Å². The molecular weight excluding hydrogens is 261 g/mol. The summed E-state index contributed by atoms with van der Waals surface area (Å²) in [5, 5.41) is 3.11. The molecule has 1 aliphatic heterocycles. The minimum Gasteiger partial charge on any atom is -0.347 e. The lowest BCUT2D eigenvalue weighted by Gasteiger charge is -2.44. The van der Waals surface area contributed by atoms with Gasteiger partial charge in [0.15, 0.2) is 5.79 Å². The van der Waals surface area contributed by atoms with Crippen LogP contribution in [0.25, 0.3) is 0 Å². The molecule has 7 heteroatoms. The second kappa shape index (κ2) is 5.55. The van der Waals surface area contributed by atoms with Crippen LogP contribution in [0.15, 0.2) is 0 Å². The molecule has 0 bridgehead atoms. The van der Waals surface area contributed by atoms with E-state index >= 15 is 0 Å². The van der Waals surface area contributed by atoms with E-state index in [1.165, 1.54) is 11.9 Å². The normalized spacial score (nSPS) is 31.3. The van der Waals surface area contributed by atoms with Gasteiger partial charge >= 0.3 is 6.18 Å². The molecule has 4 nitrogen and oxygen atoms in total. The van der Waals surface area contributed by atoms with Crippen molar-refractivity contribution in [3.05, 3.63) is 0 Å². The molecular formula is C12H21F3N2O2. The number of alkyl halides is 3. The molecule has 0 aromatic heterocycles. The van der Waals surface area contributed by atoms with E-state index in [4.69, 9.17) is 9.47 Å². The van der Waals surface area contributed by atoms with Gasteiger partial charge in [0.1, 0.15) is 0 Å². The van der Waals surface area contributed by atoms with Gasteiger partial charge in [0.2, 0.25) is 0 Å². The first-order chi connectivity index (χ1) is 8.85. The molecule has 2 unspecified atom stereocenters. The smallest absolute Gasteiger partial charge is 0.347 e. The van der Waals surface area contributed by atoms with Crippen LogP contribution in [0.3, 0.4) is 0 Å². The zero-order valence-corrected chi connectivity index (χ0v) is 11.3. The number of hydrogen-bond acceptors (Lipinski definition) is 4. The summed E-state index contributed by atoms with van der Waals surface area (Å²) in [5.74, 6) is -0.669. The maximum absolute atomic E-state index is 12.5. The number of ether oxygens (including phenoxy) is 2. The Morgan fingerprint density at radius 3 is 2.47 bits per heavy atom. The Bertz CT molecular complexity index is 306. The van der Waals surface area contributed by atoms with Crippen LogP contribution in [0.1, 0.15) is 19.3 Å². The fourth-order valence-electron chi connectivity index (χ4n) is 3.09. The molecule has 112 valence electrons. The number of nitrogens with zero attached hydrogens (tertiary/aromatic N) is 1. The maximum atomic E-state index is 12.5. The molecule has 19 heavy (non-hydrogen) atoms. The van der Waals surface area contributed by atoms with E-state index < -0.39 is 18.5 Å². The quantitative estimate of drug-likeness (QED) is 0.847. The molecule has 2 rings (SSSR count). The zero-order chi connectivity index (χ0) is 14.1. The van der Waals surface area contributed by atoms with Crippen LogP contribution in [0.5, 0.6) is 0 Å². The molecule has 1 N–H and O–H groups in total. The molecule has 1 aliphatic carbocycles. The molecule has 1 saturated carbocycles. The van der Waals surface area contributed by atoms with Gasteiger partial charge in [0.05, 0.1) is 19.8 Å². The number of halogens is 3. The van der Waals surface area contributed by atoms with E-state index in [-0.39, 0.29) is 12.1 Å². The number of nitrogens with one attached hydrogen (secondary N) is 1. The van der Waals surface area contributed by atoms with Crippen molar-refractivity contribution in [2.45, 2.75) is 43.3 Å². The zero-order valence-electron chi connectivity index (χ0n) is 11.3. The van der Waals surface area contributed by atoms with Gasteiger partial charge in [-0.25, -0.2) is 0 Å². The summed E-state index contributed by atoms with van der Waals surface area (Å²) < 4.78 is 48.9. The topological polar surface area (TPSA) is 33.7 Å². The predicted octanol–water partition coefficient (Wildman–Crippen LogP) is 1.36. The number of rotatable bonds is 3. The summed E-state index contributed by atoms with van der Waals surface area (Å²) in [6.07, 6.45) is -2.22. The van der Waals surface area contributed by atoms with Crippen LogP contribution in [0.2, 0.25) is 0 Å². The highest BCUT2D eigenvalue weighted by Gasteiger charge is 2.47. The highest BCUT2D eigenvalue weighted by atomic mass is 19.4. The Kier molecular flexibility index (Phi) is 4.39. The first-order valence-corrected chi connectivity index (χ1v) is 6.57. The van der Waals surface area contributed by atoms with Crippen LogP contribution >= 0.6 is 0 Å². The summed E-state index contributed by atoms with van der Waals surface area (Å²) in [7, 11) is 3.30. The largest absolute Gasteiger partial charge is 0.401 e. The molecule has 1 heterocycles. The molecule has 0 aromatic rings. The monoisotopic (exact) mass is 282 g/mol. The maximum Gasteiger partial charge on any atom is 0.401 e. The summed E-state index contributed by atoms with van der Waals surface area (Å²) in [6, 6.07) is -0.204. The lowest BCUT2D eigenvalue weighted by atomic mass is 9.85. The SMILES string of the molecule is CNC1CCC2(CC1N(C)CC(F)(F)F)OCCO2. The Morgan fingerprint density at radius 2 is 1.95 bits per heavy atom. The Balaban J connectivity index is 2.05. The van der Waals surface area contributed by atoms with Crippen LogP contribution in [-0.2, 0) is 9.47 Å². The average Bonchev–Trinajstić information content (AvgIpc) is 2.75. The summed E-state index contributed by atoms with van der Waals surface area (Å²) >= 11 is 0. The lowest BCUT2D eigenvalue weighted by molar-refractivity contribution is -0.201. The van der Waals surface area contributed by atoms with Crippen molar-refractivity contribution in [2.75, 3.05) is 33.9 Å². The van der Waals surface area contributed by atoms with E-state index in [2.05, 4.69) is 5.32 Å². The Morgan fingerprint density at radius 1 is 1.32 bits per heavy atom. The van der Waals surface area contributed by atoms with Gasteiger partial charge in [-0.15, -0.1) is 0 Å². The summed E-state index contributed by atoms with van der Waals surface area (Å²) in [6.45, 7) is 0.145. The second-order valence-corrected chi connectivity index (χ2v) is 5.34. The van der Waals surface area contributed by atoms with Crippen LogP contribution < -0.4 is 5.32 Å². The Hall–Kier alpha value is -0.370. The third-order valence-corrected chi connectivity index (χ3v) is 4.00. The van der Waals surface area contributed by atoms with Crippen LogP contribution in [0.4, 0.5) is 13.2 Å². The van der Waals surface area contributed by atoms with Gasteiger partial charge in [-0.2, -0.15) is 13.2 Å². The molecule has 2 atom stereocenters. The molecule has 2 aliphatic rings. The molecule has 0 amide bonds. The Labute approximate surface area is 111 Å². The van der Waals surface area contributed by atoms with Crippen molar-refractivity contribution in [3.8, 4) is 0 Å². The third kappa shape index (κ3) is 3.59. The van der Waals surface area contributed by atoms with Gasteiger partial charge in [-0.3, -0.25) is 4.90 Å². The summed E-state index contributed by atoms with van der Waals surface area (Å²) in [5.41, 5.74) is 0. The van der Waals surface area contributed by atoms with E-state index in [1.807, 2.05) is 0 Å². The number of likely N-dealkylation sites (N-methyl/N-ethyl adjacent to an activating group) is 2. The molecule has 1 spiro atoms. The van der Waals surface area contributed by atoms with Gasteiger partial charge in [0, 0.05) is 24.9 Å². The highest BCUT2D eigenvalue weighted by molar-refractivity contribution is 4.95. The third-order valence-electron chi connectivity index (χ3n) is 4.00. The van der Waals surface area contributed by atoms with Crippen molar-refractivity contribution >= 4 is 0 Å². The minimum atomic E-state index is -4.19. The van der Waals surface area contributed by atoms with Crippen LogP contribution in [0, 0.1) is 0 Å². The molecule has 1 saturated heterocycles. The molecule has 0 aromatic carbocycles. The van der Waals surface area contributed by atoms with Crippen LogP contribution in [-0.4, -0.2) is 62.8 Å². The molecule has 2 fully saturated rings. The number of hydrogen-bond donors (Lipinski definition) is 1. The van der Waals surface area contributed by atoms with Crippen molar-refractivity contribution in [2.24, 2.45) is 0 Å². The minimum absolute atomic E-state index is 0.0331. The van der Waals surface area contributed by atoms with Crippen molar-refractivity contribution in [3.63, 3.8) is 0 Å². The first kappa shape index (κ1) is 15.0. The van der Waals surface area contributed by atoms with Gasteiger partial charge < -0.3 is 14.8 Å². The lowest BCUT2D eigenvalue weighted by Crippen LogP contribution is -2.57. The highest BCUT2D eigenvalue weighted by Crippen LogP contribution is 2.38. The van der Waals surface area contributed by atoms with Gasteiger partial charge in [0.25, 0.3) is 0 Å². The fraction of sp³-hybridized carbons (Fsp3) is 1.00. The van der Waals surface area contributed by atoms with Gasteiger partial charge in [-0.1, -0.05) is 0 Å². The van der Waals surface area contributed by atoms with Crippen molar-refractivity contribution in [1.29, 1.82) is 0 Å². The standard InChI is InChI=1S/C12H21F3N2O2/c1-16-9-3-4-11(18-5-6-19-11)7-10(9)17(2)8-12(13,14)15/h9-10,16H,3-8H2,1-2H3. The average molecular weight is 282 g/mol. The first-order valence-electron chi connectivity index (χ1n) is 6.57. The molecule has 0 radical (unpaired) electrons. The summed E-state index contributed by atoms with van der Waals surface area (Å²) in [4.78, 5) is 1.35. The van der Waals surface area contributed by atoms with E-state index in [0.29, 0.717) is 19.6 Å². The van der Waals surface area contributed by atoms with Crippen molar-refractivity contribution < 1.29 is 22.6 Å². The van der Waals surface area contributed by atoms with E-state index in [0.717, 1.165) is 12.8 Å². The van der Waals surface area contributed by atoms with Crippen molar-refractivity contribution in [1.82, 2.24) is 10.2 Å². The second-order valence-electron chi connectivity index (χ2n) is 5.34. The van der Waals surface area contributed by atoms with E-state index in [1.54, 1.807) is 7.05 Å².